The lowest BCUT2D eigenvalue weighted by Gasteiger charge is -2.57. The van der Waals surface area contributed by atoms with Crippen LogP contribution in [0.2, 0.25) is 0 Å². The Balaban J connectivity index is 1.32. The van der Waals surface area contributed by atoms with E-state index in [-0.39, 0.29) is 11.1 Å². The van der Waals surface area contributed by atoms with Crippen LogP contribution in [0.5, 0.6) is 0 Å². The summed E-state index contributed by atoms with van der Waals surface area (Å²) in [4.78, 5) is 26.8. The molecule has 2 N–H and O–H groups in total. The Kier molecular flexibility index (Phi) is 6.09. The predicted octanol–water partition coefficient (Wildman–Crippen LogP) is 6.21. The highest BCUT2D eigenvalue weighted by molar-refractivity contribution is 6.05. The van der Waals surface area contributed by atoms with Gasteiger partial charge in [-0.05, 0) is 105 Å². The second-order valence-electron chi connectivity index (χ2n) is 10.7. The Morgan fingerprint density at radius 1 is 1.03 bits per heavy atom. The molecular weight excluding hydrogens is 431 g/mol. The van der Waals surface area contributed by atoms with Gasteiger partial charge < -0.3 is 15.3 Å². The number of carboxylic acid groups (broad SMARTS) is 1. The average molecular weight is 465 g/mol. The van der Waals surface area contributed by atoms with Crippen LogP contribution < -0.4 is 10.2 Å². The number of hydrogen-bond donors (Lipinski definition) is 2. The lowest BCUT2D eigenvalue weighted by Crippen LogP contribution is -2.47. The number of halogens is 1. The SMILES string of the molecule is CCN(CCC12CC3CC(CC(C3)C1)C2)c1ccc(NC(=O)c2ccccc2F)cc1C(=O)O. The lowest BCUT2D eigenvalue weighted by molar-refractivity contribution is -0.0559. The predicted molar refractivity (Wildman–Crippen MR) is 131 cm³/mol. The number of aromatic carboxylic acids is 1. The molecule has 5 nitrogen and oxygen atoms in total. The molecule has 1 amide bonds. The van der Waals surface area contributed by atoms with Crippen molar-refractivity contribution >= 4 is 23.3 Å². The van der Waals surface area contributed by atoms with Crippen LogP contribution in [0.3, 0.4) is 0 Å². The first-order valence-corrected chi connectivity index (χ1v) is 12.5. The third kappa shape index (κ3) is 4.42. The molecule has 0 saturated heterocycles. The van der Waals surface area contributed by atoms with Gasteiger partial charge in [0.1, 0.15) is 5.82 Å². The maximum Gasteiger partial charge on any atom is 0.337 e. The van der Waals surface area contributed by atoms with Crippen molar-refractivity contribution in [1.29, 1.82) is 0 Å². The van der Waals surface area contributed by atoms with Gasteiger partial charge in [-0.3, -0.25) is 4.79 Å². The second-order valence-corrected chi connectivity index (χ2v) is 10.7. The zero-order chi connectivity index (χ0) is 23.9. The van der Waals surface area contributed by atoms with Crippen molar-refractivity contribution in [3.63, 3.8) is 0 Å². The van der Waals surface area contributed by atoms with E-state index in [0.29, 0.717) is 23.3 Å². The normalized spacial score (nSPS) is 26.9. The van der Waals surface area contributed by atoms with Crippen molar-refractivity contribution in [1.82, 2.24) is 0 Å². The molecule has 180 valence electrons. The maximum atomic E-state index is 14.0. The van der Waals surface area contributed by atoms with Gasteiger partial charge in [0.15, 0.2) is 0 Å². The molecular formula is C28H33FN2O3. The summed E-state index contributed by atoms with van der Waals surface area (Å²) in [5.74, 6) is 0.438. The van der Waals surface area contributed by atoms with E-state index in [1.807, 2.05) is 0 Å². The summed E-state index contributed by atoms with van der Waals surface area (Å²) in [7, 11) is 0. The molecule has 4 saturated carbocycles. The highest BCUT2D eigenvalue weighted by Gasteiger charge is 2.50. The molecule has 4 bridgehead atoms. The summed E-state index contributed by atoms with van der Waals surface area (Å²) in [6, 6.07) is 10.7. The molecule has 4 aliphatic carbocycles. The molecule has 2 aromatic carbocycles. The van der Waals surface area contributed by atoms with Crippen molar-refractivity contribution in [2.45, 2.75) is 51.9 Å². The lowest BCUT2D eigenvalue weighted by atomic mass is 9.49. The quantitative estimate of drug-likeness (QED) is 0.487. The minimum absolute atomic E-state index is 0.0748. The highest BCUT2D eigenvalue weighted by Crippen LogP contribution is 2.61. The van der Waals surface area contributed by atoms with Crippen LogP contribution in [0.25, 0.3) is 0 Å². The Bertz CT molecular complexity index is 1060. The molecule has 0 atom stereocenters. The number of hydrogen-bond acceptors (Lipinski definition) is 3. The van der Waals surface area contributed by atoms with Gasteiger partial charge in [-0.2, -0.15) is 0 Å². The van der Waals surface area contributed by atoms with Gasteiger partial charge in [0.2, 0.25) is 0 Å². The smallest absolute Gasteiger partial charge is 0.337 e. The molecule has 0 spiro atoms. The van der Waals surface area contributed by atoms with E-state index >= 15 is 0 Å². The van der Waals surface area contributed by atoms with Crippen molar-refractivity contribution < 1.29 is 19.1 Å². The Hall–Kier alpha value is -2.89. The summed E-state index contributed by atoms with van der Waals surface area (Å²) in [5.41, 5.74) is 1.52. The van der Waals surface area contributed by atoms with Crippen molar-refractivity contribution in [2.24, 2.45) is 23.2 Å². The summed E-state index contributed by atoms with van der Waals surface area (Å²) < 4.78 is 14.0. The van der Waals surface area contributed by atoms with Crippen LogP contribution in [-0.2, 0) is 0 Å². The minimum atomic E-state index is -1.04. The number of anilines is 2. The van der Waals surface area contributed by atoms with Gasteiger partial charge in [-0.25, -0.2) is 9.18 Å². The second kappa shape index (κ2) is 9.05. The first-order chi connectivity index (χ1) is 16.4. The van der Waals surface area contributed by atoms with Crippen LogP contribution in [0.1, 0.15) is 72.6 Å². The monoisotopic (exact) mass is 464 g/mol. The van der Waals surface area contributed by atoms with E-state index in [0.717, 1.165) is 30.7 Å². The highest BCUT2D eigenvalue weighted by atomic mass is 19.1. The minimum Gasteiger partial charge on any atom is -0.478 e. The summed E-state index contributed by atoms with van der Waals surface area (Å²) in [6.07, 6.45) is 9.37. The molecule has 0 radical (unpaired) electrons. The maximum absolute atomic E-state index is 14.0. The Morgan fingerprint density at radius 3 is 2.26 bits per heavy atom. The van der Waals surface area contributed by atoms with Gasteiger partial charge >= 0.3 is 5.97 Å². The summed E-state index contributed by atoms with van der Waals surface area (Å²) in [5, 5.41) is 12.6. The molecule has 0 heterocycles. The molecule has 0 aliphatic heterocycles. The number of carbonyl (C=O) groups excluding carboxylic acids is 1. The summed E-state index contributed by atoms with van der Waals surface area (Å²) in [6.45, 7) is 3.61. The van der Waals surface area contributed by atoms with Crippen LogP contribution in [-0.4, -0.2) is 30.1 Å². The molecule has 6 rings (SSSR count). The van der Waals surface area contributed by atoms with E-state index in [1.165, 1.54) is 62.8 Å². The number of carboxylic acids is 1. The van der Waals surface area contributed by atoms with Gasteiger partial charge in [0.05, 0.1) is 16.8 Å². The van der Waals surface area contributed by atoms with Gasteiger partial charge in [-0.15, -0.1) is 0 Å². The molecule has 2 aromatic rings. The van der Waals surface area contributed by atoms with Gasteiger partial charge in [0.25, 0.3) is 5.91 Å². The van der Waals surface area contributed by atoms with Crippen molar-refractivity contribution in [2.75, 3.05) is 23.3 Å². The molecule has 4 fully saturated rings. The van der Waals surface area contributed by atoms with Gasteiger partial charge in [0, 0.05) is 18.8 Å². The Morgan fingerprint density at radius 2 is 1.68 bits per heavy atom. The van der Waals surface area contributed by atoms with Gasteiger partial charge in [-0.1, -0.05) is 12.1 Å². The number of benzene rings is 2. The number of carbonyl (C=O) groups is 2. The van der Waals surface area contributed by atoms with E-state index in [2.05, 4.69) is 17.1 Å². The average Bonchev–Trinajstić information content (AvgIpc) is 2.79. The third-order valence-corrected chi connectivity index (χ3v) is 8.40. The third-order valence-electron chi connectivity index (χ3n) is 8.40. The van der Waals surface area contributed by atoms with E-state index in [1.54, 1.807) is 18.2 Å². The first kappa shape index (κ1) is 22.9. The molecule has 34 heavy (non-hydrogen) atoms. The Labute approximate surface area is 200 Å². The zero-order valence-electron chi connectivity index (χ0n) is 19.7. The fourth-order valence-electron chi connectivity index (χ4n) is 7.32. The first-order valence-electron chi connectivity index (χ1n) is 12.5. The number of amides is 1. The van der Waals surface area contributed by atoms with E-state index in [9.17, 15) is 19.1 Å². The largest absolute Gasteiger partial charge is 0.478 e. The number of nitrogens with one attached hydrogen (secondary N) is 1. The van der Waals surface area contributed by atoms with Crippen molar-refractivity contribution in [3.8, 4) is 0 Å². The molecule has 4 aliphatic rings. The fourth-order valence-corrected chi connectivity index (χ4v) is 7.32. The van der Waals surface area contributed by atoms with E-state index in [4.69, 9.17) is 0 Å². The topological polar surface area (TPSA) is 69.6 Å². The fraction of sp³-hybridized carbons (Fsp3) is 0.500. The molecule has 0 unspecified atom stereocenters. The molecule has 0 aromatic heterocycles. The van der Waals surface area contributed by atoms with Crippen LogP contribution in [0, 0.1) is 29.0 Å². The number of rotatable bonds is 8. The van der Waals surface area contributed by atoms with Crippen molar-refractivity contribution in [3.05, 3.63) is 59.4 Å². The standard InChI is InChI=1S/C28H33FN2O3/c1-2-31(10-9-28-15-18-11-19(16-28)13-20(12-18)17-28)25-8-7-21(14-23(25)27(33)34)30-26(32)22-5-3-4-6-24(22)29/h3-8,14,18-20H,2,9-13,15-17H2,1H3,(H,30,32)(H,33,34). The van der Waals surface area contributed by atoms with Crippen LogP contribution >= 0.6 is 0 Å². The van der Waals surface area contributed by atoms with Crippen LogP contribution in [0.15, 0.2) is 42.5 Å². The molecule has 6 heteroatoms. The summed E-state index contributed by atoms with van der Waals surface area (Å²) >= 11 is 0. The number of nitrogens with zero attached hydrogens (tertiary/aromatic N) is 1. The zero-order valence-corrected chi connectivity index (χ0v) is 19.7. The van der Waals surface area contributed by atoms with E-state index < -0.39 is 17.7 Å². The van der Waals surface area contributed by atoms with Crippen LogP contribution in [0.4, 0.5) is 15.8 Å².